The van der Waals surface area contributed by atoms with Crippen molar-refractivity contribution in [2.24, 2.45) is 0 Å². The predicted octanol–water partition coefficient (Wildman–Crippen LogP) is 2.46. The van der Waals surface area contributed by atoms with Gasteiger partial charge in [0.1, 0.15) is 5.02 Å². The molecule has 1 amide bonds. The first-order valence-electron chi connectivity index (χ1n) is 8.45. The van der Waals surface area contributed by atoms with E-state index in [1.807, 2.05) is 35.2 Å². The third-order valence-electron chi connectivity index (χ3n) is 4.47. The summed E-state index contributed by atoms with van der Waals surface area (Å²) in [6, 6.07) is 10.2. The van der Waals surface area contributed by atoms with Crippen molar-refractivity contribution in [2.75, 3.05) is 18.4 Å². The van der Waals surface area contributed by atoms with E-state index in [2.05, 4.69) is 15.5 Å². The van der Waals surface area contributed by atoms with Crippen molar-refractivity contribution in [3.8, 4) is 0 Å². The van der Waals surface area contributed by atoms with Crippen molar-refractivity contribution < 1.29 is 4.79 Å². The molecule has 0 saturated carbocycles. The number of rotatable bonds is 5. The molecule has 0 unspecified atom stereocenters. The SMILES string of the molecule is O=C(CCc1ccccc1)N1CCC(Nc2cn[nH]c(=O)c2Cl)CC1. The third-order valence-corrected chi connectivity index (χ3v) is 4.85. The van der Waals surface area contributed by atoms with Crippen molar-refractivity contribution in [2.45, 2.75) is 31.7 Å². The van der Waals surface area contributed by atoms with E-state index in [9.17, 15) is 9.59 Å². The van der Waals surface area contributed by atoms with Crippen LogP contribution >= 0.6 is 11.6 Å². The minimum atomic E-state index is -0.403. The maximum atomic E-state index is 12.4. The Morgan fingerprint density at radius 3 is 2.72 bits per heavy atom. The average molecular weight is 361 g/mol. The number of benzene rings is 1. The second kappa shape index (κ2) is 8.16. The number of anilines is 1. The van der Waals surface area contributed by atoms with Gasteiger partial charge in [-0.3, -0.25) is 9.59 Å². The van der Waals surface area contributed by atoms with E-state index in [0.29, 0.717) is 25.2 Å². The fourth-order valence-corrected chi connectivity index (χ4v) is 3.18. The van der Waals surface area contributed by atoms with Gasteiger partial charge in [0.25, 0.3) is 5.56 Å². The lowest BCUT2D eigenvalue weighted by atomic mass is 10.0. The Hall–Kier alpha value is -2.34. The number of nitrogens with zero attached hydrogens (tertiary/aromatic N) is 2. The summed E-state index contributed by atoms with van der Waals surface area (Å²) in [5.74, 6) is 0.193. The van der Waals surface area contributed by atoms with E-state index in [-0.39, 0.29) is 17.0 Å². The fraction of sp³-hybridized carbons (Fsp3) is 0.389. The molecule has 0 radical (unpaired) electrons. The highest BCUT2D eigenvalue weighted by Gasteiger charge is 2.23. The molecule has 1 aromatic carbocycles. The predicted molar refractivity (Wildman–Crippen MR) is 97.9 cm³/mol. The van der Waals surface area contributed by atoms with E-state index in [0.717, 1.165) is 19.3 Å². The van der Waals surface area contributed by atoms with Crippen LogP contribution in [0.25, 0.3) is 0 Å². The molecule has 25 heavy (non-hydrogen) atoms. The fourth-order valence-electron chi connectivity index (χ4n) is 3.03. The number of halogens is 1. The van der Waals surface area contributed by atoms with Crippen LogP contribution in [0.15, 0.2) is 41.3 Å². The van der Waals surface area contributed by atoms with Gasteiger partial charge in [-0.15, -0.1) is 0 Å². The van der Waals surface area contributed by atoms with Gasteiger partial charge in [-0.25, -0.2) is 5.10 Å². The second-order valence-corrected chi connectivity index (χ2v) is 6.59. The van der Waals surface area contributed by atoms with Crippen LogP contribution in [0.2, 0.25) is 5.02 Å². The largest absolute Gasteiger partial charge is 0.380 e. The quantitative estimate of drug-likeness (QED) is 0.858. The average Bonchev–Trinajstić information content (AvgIpc) is 2.65. The lowest BCUT2D eigenvalue weighted by molar-refractivity contribution is -0.132. The zero-order valence-electron chi connectivity index (χ0n) is 13.9. The number of nitrogens with one attached hydrogen (secondary N) is 2. The molecular formula is C18H21ClN4O2. The zero-order valence-corrected chi connectivity index (χ0v) is 14.6. The van der Waals surface area contributed by atoms with Crippen LogP contribution in [0.4, 0.5) is 5.69 Å². The highest BCUT2D eigenvalue weighted by atomic mass is 35.5. The van der Waals surface area contributed by atoms with Crippen molar-refractivity contribution in [3.05, 3.63) is 57.5 Å². The van der Waals surface area contributed by atoms with Crippen LogP contribution in [0.3, 0.4) is 0 Å². The van der Waals surface area contributed by atoms with Crippen molar-refractivity contribution in [3.63, 3.8) is 0 Å². The Morgan fingerprint density at radius 2 is 2.00 bits per heavy atom. The van der Waals surface area contributed by atoms with Gasteiger partial charge >= 0.3 is 0 Å². The Balaban J connectivity index is 1.47. The Bertz CT molecular complexity index is 770. The maximum absolute atomic E-state index is 12.4. The summed E-state index contributed by atoms with van der Waals surface area (Å²) in [6.45, 7) is 1.42. The summed E-state index contributed by atoms with van der Waals surface area (Å²) in [6.07, 6.45) is 4.46. The lowest BCUT2D eigenvalue weighted by Crippen LogP contribution is -2.42. The highest BCUT2D eigenvalue weighted by Crippen LogP contribution is 2.20. The highest BCUT2D eigenvalue weighted by molar-refractivity contribution is 6.32. The van der Waals surface area contributed by atoms with Gasteiger partial charge in [-0.1, -0.05) is 41.9 Å². The summed E-state index contributed by atoms with van der Waals surface area (Å²) in [7, 11) is 0. The number of aryl methyl sites for hydroxylation is 1. The Kier molecular flexibility index (Phi) is 5.71. The van der Waals surface area contributed by atoms with Crippen LogP contribution in [0, 0.1) is 0 Å². The number of hydrogen-bond acceptors (Lipinski definition) is 4. The number of H-pyrrole nitrogens is 1. The number of carbonyl (C=O) groups is 1. The molecule has 132 valence electrons. The molecule has 2 heterocycles. The normalized spacial score (nSPS) is 15.2. The molecule has 7 heteroatoms. The number of carbonyl (C=O) groups excluding carboxylic acids is 1. The first-order valence-corrected chi connectivity index (χ1v) is 8.82. The Morgan fingerprint density at radius 1 is 1.28 bits per heavy atom. The smallest absolute Gasteiger partial charge is 0.285 e. The number of hydrogen-bond donors (Lipinski definition) is 2. The van der Waals surface area contributed by atoms with Crippen LogP contribution in [-0.4, -0.2) is 40.1 Å². The van der Waals surface area contributed by atoms with Crippen molar-refractivity contribution >= 4 is 23.2 Å². The number of aromatic amines is 1. The minimum Gasteiger partial charge on any atom is -0.380 e. The lowest BCUT2D eigenvalue weighted by Gasteiger charge is -2.33. The molecule has 1 fully saturated rings. The van der Waals surface area contributed by atoms with Crippen molar-refractivity contribution in [1.82, 2.24) is 15.1 Å². The molecule has 2 N–H and O–H groups in total. The van der Waals surface area contributed by atoms with Gasteiger partial charge < -0.3 is 10.2 Å². The molecule has 6 nitrogen and oxygen atoms in total. The number of aromatic nitrogens is 2. The first kappa shape index (κ1) is 17.5. The van der Waals surface area contributed by atoms with Gasteiger partial charge in [0, 0.05) is 25.6 Å². The van der Waals surface area contributed by atoms with Crippen LogP contribution in [0.5, 0.6) is 0 Å². The molecule has 0 bridgehead atoms. The van der Waals surface area contributed by atoms with Crippen LogP contribution < -0.4 is 10.9 Å². The minimum absolute atomic E-state index is 0.122. The second-order valence-electron chi connectivity index (χ2n) is 6.21. The van der Waals surface area contributed by atoms with Crippen LogP contribution in [0.1, 0.15) is 24.8 Å². The molecule has 0 spiro atoms. The van der Waals surface area contributed by atoms with Crippen LogP contribution in [-0.2, 0) is 11.2 Å². The number of piperidine rings is 1. The van der Waals surface area contributed by atoms with E-state index in [1.165, 1.54) is 11.8 Å². The van der Waals surface area contributed by atoms with E-state index in [4.69, 9.17) is 11.6 Å². The summed E-state index contributed by atoms with van der Waals surface area (Å²) in [5, 5.41) is 9.43. The van der Waals surface area contributed by atoms with Gasteiger partial charge in [-0.2, -0.15) is 5.10 Å². The Labute approximate surface area is 151 Å². The molecule has 2 aromatic rings. The summed E-state index contributed by atoms with van der Waals surface area (Å²) >= 11 is 5.98. The van der Waals surface area contributed by atoms with E-state index in [1.54, 1.807) is 0 Å². The molecule has 3 rings (SSSR count). The molecule has 0 atom stereocenters. The summed E-state index contributed by atoms with van der Waals surface area (Å²) < 4.78 is 0. The molecular weight excluding hydrogens is 340 g/mol. The maximum Gasteiger partial charge on any atom is 0.285 e. The van der Waals surface area contributed by atoms with E-state index < -0.39 is 5.56 Å². The molecule has 1 saturated heterocycles. The topological polar surface area (TPSA) is 78.1 Å². The van der Waals surface area contributed by atoms with Gasteiger partial charge in [0.15, 0.2) is 0 Å². The molecule has 0 aliphatic carbocycles. The zero-order chi connectivity index (χ0) is 17.6. The standard InChI is InChI=1S/C18H21ClN4O2/c19-17-15(12-20-22-18(17)25)21-14-8-10-23(11-9-14)16(24)7-6-13-4-2-1-3-5-13/h1-5,12,14H,6-11H2,(H2,21,22,25). The molecule has 1 aliphatic heterocycles. The summed E-state index contributed by atoms with van der Waals surface area (Å²) in [5.41, 5.74) is 1.32. The molecule has 1 aliphatic rings. The first-order chi connectivity index (χ1) is 12.1. The van der Waals surface area contributed by atoms with Gasteiger partial charge in [0.2, 0.25) is 5.91 Å². The third kappa shape index (κ3) is 4.60. The molecule has 1 aromatic heterocycles. The van der Waals surface area contributed by atoms with E-state index >= 15 is 0 Å². The number of amides is 1. The van der Waals surface area contributed by atoms with Crippen molar-refractivity contribution in [1.29, 1.82) is 0 Å². The summed E-state index contributed by atoms with van der Waals surface area (Å²) in [4.78, 5) is 25.7. The van der Waals surface area contributed by atoms with Gasteiger partial charge in [0.05, 0.1) is 11.9 Å². The number of likely N-dealkylation sites (tertiary alicyclic amines) is 1. The monoisotopic (exact) mass is 360 g/mol. The van der Waals surface area contributed by atoms with Gasteiger partial charge in [-0.05, 0) is 24.8 Å².